The molecule has 0 saturated carbocycles. The number of nitrogen functional groups attached to an aromatic ring is 1. The summed E-state index contributed by atoms with van der Waals surface area (Å²) in [6.07, 6.45) is 0.129. The molecule has 1 aromatic rings. The molecule has 0 aliphatic carbocycles. The number of anilines is 1. The van der Waals surface area contributed by atoms with Crippen molar-refractivity contribution >= 4 is 5.82 Å². The van der Waals surface area contributed by atoms with Crippen molar-refractivity contribution in [3.63, 3.8) is 0 Å². The van der Waals surface area contributed by atoms with Crippen LogP contribution in [0.2, 0.25) is 0 Å². The molecule has 0 radical (unpaired) electrons. The lowest BCUT2D eigenvalue weighted by Gasteiger charge is -2.09. The monoisotopic (exact) mass is 170 g/mol. The van der Waals surface area contributed by atoms with E-state index in [1.165, 1.54) is 0 Å². The van der Waals surface area contributed by atoms with Gasteiger partial charge in [-0.05, 0) is 13.8 Å². The van der Waals surface area contributed by atoms with Gasteiger partial charge < -0.3 is 10.5 Å². The molecule has 0 spiro atoms. The normalized spacial score (nSPS) is 13.2. The maximum atomic E-state index is 5.52. The number of nitrogens with two attached hydrogens (primary N) is 1. The molecular formula is C7H14N4O. The Kier molecular flexibility index (Phi) is 2.65. The van der Waals surface area contributed by atoms with E-state index in [4.69, 9.17) is 10.5 Å². The van der Waals surface area contributed by atoms with Gasteiger partial charge in [0.25, 0.3) is 0 Å². The summed E-state index contributed by atoms with van der Waals surface area (Å²) in [6.45, 7) is 4.54. The minimum absolute atomic E-state index is 0.129. The first-order chi connectivity index (χ1) is 5.65. The van der Waals surface area contributed by atoms with Crippen molar-refractivity contribution in [3.8, 4) is 0 Å². The second-order valence-electron chi connectivity index (χ2n) is 2.79. The molecule has 1 rings (SSSR count). The highest BCUT2D eigenvalue weighted by Crippen LogP contribution is 2.05. The fourth-order valence-corrected chi connectivity index (χ4v) is 0.865. The zero-order valence-electron chi connectivity index (χ0n) is 7.61. The molecule has 1 aromatic heterocycles. The Balaban J connectivity index is 2.69. The summed E-state index contributed by atoms with van der Waals surface area (Å²) in [5.74, 6) is 0.485. The first kappa shape index (κ1) is 8.99. The molecule has 0 saturated heterocycles. The van der Waals surface area contributed by atoms with Crippen LogP contribution in [0.4, 0.5) is 5.82 Å². The van der Waals surface area contributed by atoms with E-state index < -0.39 is 0 Å². The standard InChI is InChI=1S/C7H14N4O/c1-5(12-3)4-11-6(2)7(8)9-10-11/h5H,4,8H2,1-3H3. The van der Waals surface area contributed by atoms with Crippen molar-refractivity contribution in [1.29, 1.82) is 0 Å². The molecule has 5 nitrogen and oxygen atoms in total. The molecule has 2 N–H and O–H groups in total. The van der Waals surface area contributed by atoms with Crippen LogP contribution in [-0.4, -0.2) is 28.2 Å². The van der Waals surface area contributed by atoms with Crippen LogP contribution in [0.3, 0.4) is 0 Å². The second-order valence-corrected chi connectivity index (χ2v) is 2.79. The maximum Gasteiger partial charge on any atom is 0.168 e. The van der Waals surface area contributed by atoms with Crippen LogP contribution in [0.25, 0.3) is 0 Å². The Morgan fingerprint density at radius 3 is 2.75 bits per heavy atom. The summed E-state index contributed by atoms with van der Waals surface area (Å²) >= 11 is 0. The van der Waals surface area contributed by atoms with E-state index in [1.54, 1.807) is 11.8 Å². The molecular weight excluding hydrogens is 156 g/mol. The van der Waals surface area contributed by atoms with Gasteiger partial charge in [0, 0.05) is 7.11 Å². The first-order valence-corrected chi connectivity index (χ1v) is 3.83. The van der Waals surface area contributed by atoms with Gasteiger partial charge in [-0.25, -0.2) is 4.68 Å². The van der Waals surface area contributed by atoms with Crippen molar-refractivity contribution in [3.05, 3.63) is 5.69 Å². The minimum atomic E-state index is 0.129. The van der Waals surface area contributed by atoms with Crippen LogP contribution in [0, 0.1) is 6.92 Å². The zero-order chi connectivity index (χ0) is 9.14. The van der Waals surface area contributed by atoms with E-state index >= 15 is 0 Å². The highest BCUT2D eigenvalue weighted by atomic mass is 16.5. The molecule has 1 heterocycles. The van der Waals surface area contributed by atoms with Crippen molar-refractivity contribution < 1.29 is 4.74 Å². The smallest absolute Gasteiger partial charge is 0.168 e. The van der Waals surface area contributed by atoms with Gasteiger partial charge in [-0.1, -0.05) is 5.21 Å². The Labute approximate surface area is 71.5 Å². The van der Waals surface area contributed by atoms with Crippen LogP contribution in [-0.2, 0) is 11.3 Å². The average Bonchev–Trinajstić information content (AvgIpc) is 2.36. The van der Waals surface area contributed by atoms with Crippen molar-refractivity contribution in [2.24, 2.45) is 0 Å². The highest BCUT2D eigenvalue weighted by molar-refractivity contribution is 5.31. The molecule has 0 amide bonds. The average molecular weight is 170 g/mol. The summed E-state index contributed by atoms with van der Waals surface area (Å²) in [5, 5.41) is 7.60. The first-order valence-electron chi connectivity index (χ1n) is 3.83. The van der Waals surface area contributed by atoms with E-state index in [0.717, 1.165) is 5.69 Å². The minimum Gasteiger partial charge on any atom is -0.381 e. The lowest BCUT2D eigenvalue weighted by Crippen LogP contribution is -2.16. The van der Waals surface area contributed by atoms with Gasteiger partial charge in [-0.15, -0.1) is 5.10 Å². The fourth-order valence-electron chi connectivity index (χ4n) is 0.865. The molecule has 0 aliphatic rings. The Morgan fingerprint density at radius 2 is 2.33 bits per heavy atom. The molecule has 0 aliphatic heterocycles. The van der Waals surface area contributed by atoms with E-state index in [-0.39, 0.29) is 6.10 Å². The lowest BCUT2D eigenvalue weighted by molar-refractivity contribution is 0.0987. The second kappa shape index (κ2) is 3.53. The van der Waals surface area contributed by atoms with Crippen LogP contribution in [0.15, 0.2) is 0 Å². The number of methoxy groups -OCH3 is 1. The van der Waals surface area contributed by atoms with Gasteiger partial charge in [-0.3, -0.25) is 0 Å². The zero-order valence-corrected chi connectivity index (χ0v) is 7.61. The predicted octanol–water partition coefficient (Wildman–Crippen LogP) is 0.204. The van der Waals surface area contributed by atoms with Gasteiger partial charge >= 0.3 is 0 Å². The summed E-state index contributed by atoms with van der Waals surface area (Å²) in [4.78, 5) is 0. The summed E-state index contributed by atoms with van der Waals surface area (Å²) in [6, 6.07) is 0. The van der Waals surface area contributed by atoms with Gasteiger partial charge in [-0.2, -0.15) is 0 Å². The SMILES string of the molecule is COC(C)Cn1nnc(N)c1C. The van der Waals surface area contributed by atoms with E-state index in [1.807, 2.05) is 13.8 Å². The molecule has 68 valence electrons. The quantitative estimate of drug-likeness (QED) is 0.704. The number of aromatic nitrogens is 3. The van der Waals surface area contributed by atoms with Crippen molar-refractivity contribution in [2.75, 3.05) is 12.8 Å². The molecule has 5 heteroatoms. The van der Waals surface area contributed by atoms with Crippen molar-refractivity contribution in [1.82, 2.24) is 15.0 Å². The van der Waals surface area contributed by atoms with Gasteiger partial charge in [0.15, 0.2) is 5.82 Å². The fraction of sp³-hybridized carbons (Fsp3) is 0.714. The predicted molar refractivity (Wildman–Crippen MR) is 45.6 cm³/mol. The van der Waals surface area contributed by atoms with Crippen LogP contribution in [0.5, 0.6) is 0 Å². The molecule has 12 heavy (non-hydrogen) atoms. The molecule has 1 atom stereocenters. The third kappa shape index (κ3) is 1.73. The van der Waals surface area contributed by atoms with Crippen molar-refractivity contribution in [2.45, 2.75) is 26.5 Å². The van der Waals surface area contributed by atoms with Crippen LogP contribution >= 0.6 is 0 Å². The number of hydrogen-bond donors (Lipinski definition) is 1. The van der Waals surface area contributed by atoms with Gasteiger partial charge in [0.2, 0.25) is 0 Å². The summed E-state index contributed by atoms with van der Waals surface area (Å²) in [7, 11) is 1.67. The van der Waals surface area contributed by atoms with Gasteiger partial charge in [0.1, 0.15) is 0 Å². The van der Waals surface area contributed by atoms with Gasteiger partial charge in [0.05, 0.1) is 18.3 Å². The lowest BCUT2D eigenvalue weighted by atomic mass is 10.4. The number of ether oxygens (including phenoxy) is 1. The molecule has 0 fully saturated rings. The Morgan fingerprint density at radius 1 is 1.67 bits per heavy atom. The molecule has 0 bridgehead atoms. The van der Waals surface area contributed by atoms with Crippen LogP contribution < -0.4 is 5.73 Å². The maximum absolute atomic E-state index is 5.52. The molecule has 0 aromatic carbocycles. The van der Waals surface area contributed by atoms with E-state index in [9.17, 15) is 0 Å². The van der Waals surface area contributed by atoms with Crippen LogP contribution in [0.1, 0.15) is 12.6 Å². The Hall–Kier alpha value is -1.10. The summed E-state index contributed by atoms with van der Waals surface area (Å²) < 4.78 is 6.83. The largest absolute Gasteiger partial charge is 0.381 e. The molecule has 1 unspecified atom stereocenters. The number of nitrogens with zero attached hydrogens (tertiary/aromatic N) is 3. The van der Waals surface area contributed by atoms with E-state index in [0.29, 0.717) is 12.4 Å². The third-order valence-corrected chi connectivity index (χ3v) is 1.85. The topological polar surface area (TPSA) is 66.0 Å². The third-order valence-electron chi connectivity index (χ3n) is 1.85. The summed E-state index contributed by atoms with van der Waals surface area (Å²) in [5.41, 5.74) is 6.41. The Bertz CT molecular complexity index is 258. The van der Waals surface area contributed by atoms with E-state index in [2.05, 4.69) is 10.3 Å². The number of hydrogen-bond acceptors (Lipinski definition) is 4. The number of rotatable bonds is 3. The highest BCUT2D eigenvalue weighted by Gasteiger charge is 2.07.